The Morgan fingerprint density at radius 1 is 1.15 bits per heavy atom. The molecule has 1 atom stereocenters. The van der Waals surface area contributed by atoms with Crippen molar-refractivity contribution in [2.45, 2.75) is 13.3 Å². The number of ether oxygens (including phenoxy) is 2. The minimum Gasteiger partial charge on any atom is -0.486 e. The third kappa shape index (κ3) is 3.57. The van der Waals surface area contributed by atoms with Gasteiger partial charge in [-0.2, -0.15) is 0 Å². The van der Waals surface area contributed by atoms with Gasteiger partial charge in [-0.1, -0.05) is 17.7 Å². The first-order valence-electron chi connectivity index (χ1n) is 8.78. The number of nitrogens with zero attached hydrogens (tertiary/aromatic N) is 1. The van der Waals surface area contributed by atoms with E-state index in [1.54, 1.807) is 29.2 Å². The standard InChI is InChI=1S/C20H19ClN2O4/c1-12-2-4-16(15(21)8-12)22-20(25)13-9-19(24)23(11-13)14-3-5-17-18(10-14)27-7-6-26-17/h2-5,8,10,13H,6-7,9,11H2,1H3,(H,22,25). The maximum absolute atomic E-state index is 12.6. The van der Waals surface area contributed by atoms with Gasteiger partial charge in [-0.3, -0.25) is 9.59 Å². The number of aryl methyl sites for hydroxylation is 1. The molecule has 2 aliphatic rings. The van der Waals surface area contributed by atoms with E-state index in [9.17, 15) is 9.59 Å². The van der Waals surface area contributed by atoms with E-state index in [1.165, 1.54) is 0 Å². The van der Waals surface area contributed by atoms with Crippen LogP contribution in [0.25, 0.3) is 0 Å². The lowest BCUT2D eigenvalue weighted by atomic mass is 10.1. The normalized spacial score (nSPS) is 18.5. The van der Waals surface area contributed by atoms with E-state index in [0.29, 0.717) is 47.7 Å². The van der Waals surface area contributed by atoms with Gasteiger partial charge >= 0.3 is 0 Å². The number of rotatable bonds is 3. The number of carbonyl (C=O) groups is 2. The molecule has 0 saturated carbocycles. The molecule has 7 heteroatoms. The van der Waals surface area contributed by atoms with Crippen LogP contribution in [-0.4, -0.2) is 31.6 Å². The van der Waals surface area contributed by atoms with Crippen LogP contribution >= 0.6 is 11.6 Å². The molecule has 2 amide bonds. The number of benzene rings is 2. The van der Waals surface area contributed by atoms with Gasteiger partial charge in [0.1, 0.15) is 13.2 Å². The zero-order valence-corrected chi connectivity index (χ0v) is 15.6. The number of hydrogen-bond acceptors (Lipinski definition) is 4. The number of halogens is 1. The molecule has 0 radical (unpaired) electrons. The average Bonchev–Trinajstić information content (AvgIpc) is 3.05. The molecule has 1 saturated heterocycles. The summed E-state index contributed by atoms with van der Waals surface area (Å²) in [6.45, 7) is 3.23. The van der Waals surface area contributed by atoms with Crippen LogP contribution in [0, 0.1) is 12.8 Å². The van der Waals surface area contributed by atoms with Crippen molar-refractivity contribution in [2.24, 2.45) is 5.92 Å². The molecule has 4 rings (SSSR count). The van der Waals surface area contributed by atoms with Crippen LogP contribution in [0.1, 0.15) is 12.0 Å². The summed E-state index contributed by atoms with van der Waals surface area (Å²) in [6.07, 6.45) is 0.157. The molecule has 2 heterocycles. The van der Waals surface area contributed by atoms with Gasteiger partial charge in [0.25, 0.3) is 0 Å². The van der Waals surface area contributed by atoms with Crippen molar-refractivity contribution in [2.75, 3.05) is 30.0 Å². The van der Waals surface area contributed by atoms with Crippen LogP contribution < -0.4 is 19.7 Å². The molecule has 0 aromatic heterocycles. The van der Waals surface area contributed by atoms with Gasteiger partial charge in [0.05, 0.1) is 16.6 Å². The van der Waals surface area contributed by atoms with Gasteiger partial charge in [0, 0.05) is 24.7 Å². The van der Waals surface area contributed by atoms with Crippen LogP contribution in [0.4, 0.5) is 11.4 Å². The maximum Gasteiger partial charge on any atom is 0.229 e. The number of fused-ring (bicyclic) bond motifs is 1. The molecule has 6 nitrogen and oxygen atoms in total. The van der Waals surface area contributed by atoms with E-state index in [4.69, 9.17) is 21.1 Å². The topological polar surface area (TPSA) is 67.9 Å². The Balaban J connectivity index is 1.48. The molecular weight excluding hydrogens is 368 g/mol. The van der Waals surface area contributed by atoms with E-state index in [1.807, 2.05) is 19.1 Å². The monoisotopic (exact) mass is 386 g/mol. The van der Waals surface area contributed by atoms with Crippen molar-refractivity contribution in [3.05, 3.63) is 47.0 Å². The Morgan fingerprint density at radius 2 is 1.93 bits per heavy atom. The Labute approximate surface area is 162 Å². The first-order chi connectivity index (χ1) is 13.0. The molecular formula is C20H19ClN2O4. The SMILES string of the molecule is Cc1ccc(NC(=O)C2CC(=O)N(c3ccc4c(c3)OCCO4)C2)c(Cl)c1. The third-order valence-electron chi connectivity index (χ3n) is 4.72. The summed E-state index contributed by atoms with van der Waals surface area (Å²) < 4.78 is 11.1. The molecule has 0 aliphatic carbocycles. The second-order valence-electron chi connectivity index (χ2n) is 6.71. The fourth-order valence-electron chi connectivity index (χ4n) is 3.29. The van der Waals surface area contributed by atoms with Crippen LogP contribution in [0.2, 0.25) is 5.02 Å². The van der Waals surface area contributed by atoms with Crippen molar-refractivity contribution < 1.29 is 19.1 Å². The highest BCUT2D eigenvalue weighted by Crippen LogP contribution is 2.36. The summed E-state index contributed by atoms with van der Waals surface area (Å²) in [4.78, 5) is 26.7. The second kappa shape index (κ2) is 7.12. The second-order valence-corrected chi connectivity index (χ2v) is 7.11. The highest BCUT2D eigenvalue weighted by molar-refractivity contribution is 6.33. The summed E-state index contributed by atoms with van der Waals surface area (Å²) in [6, 6.07) is 10.8. The number of hydrogen-bond donors (Lipinski definition) is 1. The summed E-state index contributed by atoms with van der Waals surface area (Å²) in [5.74, 6) is 0.532. The minimum atomic E-state index is -0.442. The Morgan fingerprint density at radius 3 is 2.70 bits per heavy atom. The predicted octanol–water partition coefficient (Wildman–Crippen LogP) is 3.41. The molecule has 1 unspecified atom stereocenters. The van der Waals surface area contributed by atoms with Crippen LogP contribution in [0.3, 0.4) is 0 Å². The highest BCUT2D eigenvalue weighted by Gasteiger charge is 2.35. The number of nitrogens with one attached hydrogen (secondary N) is 1. The van der Waals surface area contributed by atoms with Gasteiger partial charge < -0.3 is 19.7 Å². The molecule has 0 spiro atoms. The molecule has 140 valence electrons. The Bertz CT molecular complexity index is 915. The molecule has 1 fully saturated rings. The van der Waals surface area contributed by atoms with Crippen molar-refractivity contribution in [3.63, 3.8) is 0 Å². The van der Waals surface area contributed by atoms with Crippen molar-refractivity contribution in [1.82, 2.24) is 0 Å². The van der Waals surface area contributed by atoms with E-state index in [-0.39, 0.29) is 18.2 Å². The largest absolute Gasteiger partial charge is 0.486 e. The highest BCUT2D eigenvalue weighted by atomic mass is 35.5. The van der Waals surface area contributed by atoms with E-state index in [0.717, 1.165) is 5.56 Å². The van der Waals surface area contributed by atoms with Crippen molar-refractivity contribution in [3.8, 4) is 11.5 Å². The zero-order chi connectivity index (χ0) is 19.0. The molecule has 2 aromatic carbocycles. The Hall–Kier alpha value is -2.73. The summed E-state index contributed by atoms with van der Waals surface area (Å²) in [5, 5.41) is 3.31. The lowest BCUT2D eigenvalue weighted by Gasteiger charge is -2.22. The molecule has 0 bridgehead atoms. The van der Waals surface area contributed by atoms with E-state index < -0.39 is 5.92 Å². The quantitative estimate of drug-likeness (QED) is 0.877. The van der Waals surface area contributed by atoms with Crippen LogP contribution in [0.5, 0.6) is 11.5 Å². The predicted molar refractivity (Wildman–Crippen MR) is 103 cm³/mol. The number of anilines is 2. The summed E-state index contributed by atoms with van der Waals surface area (Å²) >= 11 is 6.18. The van der Waals surface area contributed by atoms with Crippen molar-refractivity contribution >= 4 is 34.8 Å². The zero-order valence-electron chi connectivity index (χ0n) is 14.8. The van der Waals surface area contributed by atoms with Gasteiger partial charge in [-0.15, -0.1) is 0 Å². The fourth-order valence-corrected chi connectivity index (χ4v) is 3.57. The van der Waals surface area contributed by atoms with Gasteiger partial charge in [0.15, 0.2) is 11.5 Å². The molecule has 27 heavy (non-hydrogen) atoms. The minimum absolute atomic E-state index is 0.0955. The van der Waals surface area contributed by atoms with Gasteiger partial charge in [0.2, 0.25) is 11.8 Å². The van der Waals surface area contributed by atoms with Crippen LogP contribution in [-0.2, 0) is 9.59 Å². The maximum atomic E-state index is 12.6. The lowest BCUT2D eigenvalue weighted by molar-refractivity contribution is -0.122. The van der Waals surface area contributed by atoms with Crippen molar-refractivity contribution in [1.29, 1.82) is 0 Å². The third-order valence-corrected chi connectivity index (χ3v) is 5.03. The smallest absolute Gasteiger partial charge is 0.229 e. The van der Waals surface area contributed by atoms with Gasteiger partial charge in [-0.25, -0.2) is 0 Å². The summed E-state index contributed by atoms with van der Waals surface area (Å²) in [5.41, 5.74) is 2.27. The first kappa shape index (κ1) is 17.7. The number of carbonyl (C=O) groups excluding carboxylic acids is 2. The molecule has 2 aliphatic heterocycles. The van der Waals surface area contributed by atoms with E-state index >= 15 is 0 Å². The average molecular weight is 387 g/mol. The number of amides is 2. The van der Waals surface area contributed by atoms with Gasteiger partial charge in [-0.05, 0) is 36.8 Å². The molecule has 2 aromatic rings. The summed E-state index contributed by atoms with van der Waals surface area (Å²) in [7, 11) is 0. The van der Waals surface area contributed by atoms with Crippen LogP contribution in [0.15, 0.2) is 36.4 Å². The Kier molecular flexibility index (Phi) is 4.66. The fraction of sp³-hybridized carbons (Fsp3) is 0.300. The lowest BCUT2D eigenvalue weighted by Crippen LogP contribution is -2.28. The first-order valence-corrected chi connectivity index (χ1v) is 9.16. The van der Waals surface area contributed by atoms with E-state index in [2.05, 4.69) is 5.32 Å². The molecule has 1 N–H and O–H groups in total.